The van der Waals surface area contributed by atoms with E-state index in [0.29, 0.717) is 0 Å². The van der Waals surface area contributed by atoms with Crippen LogP contribution in [0.15, 0.2) is 35.5 Å². The van der Waals surface area contributed by atoms with Gasteiger partial charge in [0.25, 0.3) is 0 Å². The molecular formula is C11H16N2O. The molecule has 0 spiro atoms. The van der Waals surface area contributed by atoms with Crippen LogP contribution in [0.3, 0.4) is 0 Å². The topological polar surface area (TPSA) is 28.4 Å². The van der Waals surface area contributed by atoms with Gasteiger partial charge in [-0.25, -0.2) is 0 Å². The second-order valence-corrected chi connectivity index (χ2v) is 3.48. The first kappa shape index (κ1) is 9.49. The summed E-state index contributed by atoms with van der Waals surface area (Å²) in [5, 5.41) is 3.33. The van der Waals surface area contributed by atoms with Crippen molar-refractivity contribution in [3.63, 3.8) is 0 Å². The monoisotopic (exact) mass is 192 g/mol. The normalized spacial score (nSPS) is 20.6. The Bertz CT molecular complexity index is 275. The lowest BCUT2D eigenvalue weighted by Gasteiger charge is -2.31. The zero-order valence-corrected chi connectivity index (χ0v) is 8.28. The number of hydrogen-bond donors (Lipinski definition) is 1. The third kappa shape index (κ3) is 1.89. The average Bonchev–Trinajstić information content (AvgIpc) is 2.74. The molecule has 14 heavy (non-hydrogen) atoms. The average molecular weight is 192 g/mol. The minimum Gasteiger partial charge on any atom is -0.467 e. The standard InChI is InChI=1S/C11H16N2O/c1-2-10(11-4-3-9-14-11)13-7-5-12-6-8-13/h2-4,9-10,12H,1,5-8H2/t10-/m1/s1. The highest BCUT2D eigenvalue weighted by atomic mass is 16.3. The van der Waals surface area contributed by atoms with E-state index < -0.39 is 0 Å². The van der Waals surface area contributed by atoms with E-state index in [1.54, 1.807) is 6.26 Å². The molecule has 76 valence electrons. The Morgan fingerprint density at radius 3 is 2.86 bits per heavy atom. The lowest BCUT2D eigenvalue weighted by atomic mass is 10.1. The van der Waals surface area contributed by atoms with Crippen LogP contribution in [-0.2, 0) is 0 Å². The summed E-state index contributed by atoms with van der Waals surface area (Å²) in [7, 11) is 0. The Balaban J connectivity index is 2.08. The predicted octanol–water partition coefficient (Wildman–Crippen LogP) is 1.41. The van der Waals surface area contributed by atoms with Crippen molar-refractivity contribution in [1.29, 1.82) is 0 Å². The zero-order chi connectivity index (χ0) is 9.80. The molecule has 1 aromatic heterocycles. The van der Waals surface area contributed by atoms with Crippen LogP contribution in [0.25, 0.3) is 0 Å². The maximum atomic E-state index is 5.41. The molecule has 0 aromatic carbocycles. The minimum absolute atomic E-state index is 0.229. The van der Waals surface area contributed by atoms with Gasteiger partial charge in [0.15, 0.2) is 0 Å². The van der Waals surface area contributed by atoms with E-state index in [9.17, 15) is 0 Å². The maximum Gasteiger partial charge on any atom is 0.124 e. The Morgan fingerprint density at radius 2 is 2.29 bits per heavy atom. The zero-order valence-electron chi connectivity index (χ0n) is 8.28. The van der Waals surface area contributed by atoms with Crippen LogP contribution < -0.4 is 5.32 Å². The summed E-state index contributed by atoms with van der Waals surface area (Å²) in [6.45, 7) is 8.07. The van der Waals surface area contributed by atoms with Gasteiger partial charge in [0, 0.05) is 26.2 Å². The second kappa shape index (κ2) is 4.44. The van der Waals surface area contributed by atoms with Crippen molar-refractivity contribution in [2.45, 2.75) is 6.04 Å². The van der Waals surface area contributed by atoms with Crippen LogP contribution in [0.4, 0.5) is 0 Å². The summed E-state index contributed by atoms with van der Waals surface area (Å²) < 4.78 is 5.41. The van der Waals surface area contributed by atoms with Gasteiger partial charge >= 0.3 is 0 Å². The highest BCUT2D eigenvalue weighted by Gasteiger charge is 2.20. The summed E-state index contributed by atoms with van der Waals surface area (Å²) in [5.74, 6) is 0.988. The van der Waals surface area contributed by atoms with Gasteiger partial charge in [0.2, 0.25) is 0 Å². The number of nitrogens with one attached hydrogen (secondary N) is 1. The fraction of sp³-hybridized carbons (Fsp3) is 0.455. The molecule has 0 unspecified atom stereocenters. The van der Waals surface area contributed by atoms with Crippen molar-refractivity contribution in [2.75, 3.05) is 26.2 Å². The third-order valence-corrected chi connectivity index (χ3v) is 2.60. The number of furan rings is 1. The Labute approximate surface area is 84.4 Å². The molecule has 1 aliphatic rings. The molecule has 3 heteroatoms. The molecule has 2 heterocycles. The molecule has 1 N–H and O–H groups in total. The summed E-state index contributed by atoms with van der Waals surface area (Å²) in [6, 6.07) is 4.16. The molecule has 0 saturated carbocycles. The highest BCUT2D eigenvalue weighted by molar-refractivity contribution is 5.11. The van der Waals surface area contributed by atoms with Crippen LogP contribution in [0, 0.1) is 0 Å². The molecular weight excluding hydrogens is 176 g/mol. The number of nitrogens with zero attached hydrogens (tertiary/aromatic N) is 1. The van der Waals surface area contributed by atoms with E-state index in [0.717, 1.165) is 31.9 Å². The molecule has 3 nitrogen and oxygen atoms in total. The molecule has 0 bridgehead atoms. The Hall–Kier alpha value is -1.06. The van der Waals surface area contributed by atoms with Crippen molar-refractivity contribution < 1.29 is 4.42 Å². The van der Waals surface area contributed by atoms with Crippen LogP contribution in [0.2, 0.25) is 0 Å². The minimum atomic E-state index is 0.229. The van der Waals surface area contributed by atoms with Gasteiger partial charge in [-0.2, -0.15) is 0 Å². The lowest BCUT2D eigenvalue weighted by molar-refractivity contribution is 0.185. The Morgan fingerprint density at radius 1 is 1.50 bits per heavy atom. The number of rotatable bonds is 3. The first-order valence-electron chi connectivity index (χ1n) is 5.02. The quantitative estimate of drug-likeness (QED) is 0.734. The molecule has 0 radical (unpaired) electrons. The maximum absolute atomic E-state index is 5.41. The van der Waals surface area contributed by atoms with Gasteiger partial charge < -0.3 is 9.73 Å². The molecule has 1 aliphatic heterocycles. The van der Waals surface area contributed by atoms with E-state index in [1.165, 1.54) is 0 Å². The molecule has 1 atom stereocenters. The van der Waals surface area contributed by atoms with E-state index >= 15 is 0 Å². The largest absolute Gasteiger partial charge is 0.467 e. The van der Waals surface area contributed by atoms with Crippen molar-refractivity contribution in [1.82, 2.24) is 10.2 Å². The smallest absolute Gasteiger partial charge is 0.124 e. The van der Waals surface area contributed by atoms with Crippen molar-refractivity contribution in [3.05, 3.63) is 36.8 Å². The molecule has 1 aromatic rings. The molecule has 0 aliphatic carbocycles. The third-order valence-electron chi connectivity index (χ3n) is 2.60. The fourth-order valence-electron chi connectivity index (χ4n) is 1.87. The SMILES string of the molecule is C=C[C@H](c1ccco1)N1CCNCC1. The second-order valence-electron chi connectivity index (χ2n) is 3.48. The molecule has 2 rings (SSSR count). The number of hydrogen-bond acceptors (Lipinski definition) is 3. The molecule has 1 fully saturated rings. The van der Waals surface area contributed by atoms with Crippen LogP contribution >= 0.6 is 0 Å². The van der Waals surface area contributed by atoms with Crippen LogP contribution in [0.1, 0.15) is 11.8 Å². The molecule has 1 saturated heterocycles. The predicted molar refractivity (Wildman–Crippen MR) is 56.1 cm³/mol. The summed E-state index contributed by atoms with van der Waals surface area (Å²) >= 11 is 0. The highest BCUT2D eigenvalue weighted by Crippen LogP contribution is 2.22. The van der Waals surface area contributed by atoms with E-state index in [2.05, 4.69) is 16.8 Å². The first-order valence-corrected chi connectivity index (χ1v) is 5.02. The summed E-state index contributed by atoms with van der Waals surface area (Å²) in [4.78, 5) is 2.38. The fourth-order valence-corrected chi connectivity index (χ4v) is 1.87. The van der Waals surface area contributed by atoms with E-state index in [4.69, 9.17) is 4.42 Å². The summed E-state index contributed by atoms with van der Waals surface area (Å²) in [6.07, 6.45) is 3.66. The summed E-state index contributed by atoms with van der Waals surface area (Å²) in [5.41, 5.74) is 0. The van der Waals surface area contributed by atoms with E-state index in [-0.39, 0.29) is 6.04 Å². The van der Waals surface area contributed by atoms with Crippen molar-refractivity contribution >= 4 is 0 Å². The van der Waals surface area contributed by atoms with Gasteiger partial charge in [-0.3, -0.25) is 4.90 Å². The van der Waals surface area contributed by atoms with Gasteiger partial charge in [-0.05, 0) is 12.1 Å². The van der Waals surface area contributed by atoms with Crippen molar-refractivity contribution in [2.24, 2.45) is 0 Å². The van der Waals surface area contributed by atoms with E-state index in [1.807, 2.05) is 18.2 Å². The van der Waals surface area contributed by atoms with Crippen molar-refractivity contribution in [3.8, 4) is 0 Å². The lowest BCUT2D eigenvalue weighted by Crippen LogP contribution is -2.44. The first-order chi connectivity index (χ1) is 6.92. The van der Waals surface area contributed by atoms with Crippen LogP contribution in [-0.4, -0.2) is 31.1 Å². The van der Waals surface area contributed by atoms with Gasteiger partial charge in [0.1, 0.15) is 5.76 Å². The van der Waals surface area contributed by atoms with Gasteiger partial charge in [0.05, 0.1) is 12.3 Å². The van der Waals surface area contributed by atoms with Crippen LogP contribution in [0.5, 0.6) is 0 Å². The molecule has 0 amide bonds. The Kier molecular flexibility index (Phi) is 3.01. The number of piperazine rings is 1. The van der Waals surface area contributed by atoms with Gasteiger partial charge in [-0.1, -0.05) is 6.08 Å². The van der Waals surface area contributed by atoms with Gasteiger partial charge in [-0.15, -0.1) is 6.58 Å².